The van der Waals surface area contributed by atoms with Gasteiger partial charge in [-0.3, -0.25) is 0 Å². The third-order valence-electron chi connectivity index (χ3n) is 2.05. The van der Waals surface area contributed by atoms with Crippen molar-refractivity contribution in [3.8, 4) is 0 Å². The molecule has 1 atom stereocenters. The molecule has 2 heteroatoms. The highest BCUT2D eigenvalue weighted by molar-refractivity contribution is 4.41. The molecular formula is C10H24NO+. The summed E-state index contributed by atoms with van der Waals surface area (Å²) < 4.78 is 0. The van der Waals surface area contributed by atoms with Crippen LogP contribution in [0.5, 0.6) is 0 Å². The zero-order chi connectivity index (χ0) is 9.72. The Morgan fingerprint density at radius 1 is 1.00 bits per heavy atom. The van der Waals surface area contributed by atoms with Crippen molar-refractivity contribution in [1.82, 2.24) is 0 Å². The van der Waals surface area contributed by atoms with Gasteiger partial charge in [0.05, 0.1) is 0 Å². The van der Waals surface area contributed by atoms with Crippen molar-refractivity contribution < 1.29 is 9.90 Å². The molecule has 0 aromatic heterocycles. The smallest absolute Gasteiger partial charge is 0.114 e. The lowest BCUT2D eigenvalue weighted by molar-refractivity contribution is -1.13. The summed E-state index contributed by atoms with van der Waals surface area (Å²) in [6.45, 7) is 13.1. The van der Waals surface area contributed by atoms with Crippen LogP contribution in [0.3, 0.4) is 0 Å². The normalized spacial score (nSPS) is 14.8. The van der Waals surface area contributed by atoms with E-state index in [1.54, 1.807) is 0 Å². The van der Waals surface area contributed by atoms with Crippen molar-refractivity contribution in [3.05, 3.63) is 0 Å². The summed E-state index contributed by atoms with van der Waals surface area (Å²) >= 11 is 0. The second-order valence-corrected chi connectivity index (χ2v) is 4.05. The van der Waals surface area contributed by atoms with Crippen molar-refractivity contribution >= 4 is 0 Å². The van der Waals surface area contributed by atoms with Gasteiger partial charge in [0.2, 0.25) is 0 Å². The maximum Gasteiger partial charge on any atom is 0.114 e. The van der Waals surface area contributed by atoms with Crippen LogP contribution >= 0.6 is 0 Å². The highest BCUT2D eigenvalue weighted by Crippen LogP contribution is 1.91. The van der Waals surface area contributed by atoms with Gasteiger partial charge in [-0.05, 0) is 41.0 Å². The summed E-state index contributed by atoms with van der Waals surface area (Å²) in [7, 11) is 0. The Bertz CT molecular complexity index is 104. The van der Waals surface area contributed by atoms with Crippen LogP contribution in [-0.4, -0.2) is 18.2 Å². The number of quaternary nitrogens is 1. The van der Waals surface area contributed by atoms with E-state index in [1.807, 2.05) is 0 Å². The third kappa shape index (κ3) is 4.07. The predicted molar refractivity (Wildman–Crippen MR) is 52.1 cm³/mol. The number of hydroxylamine groups is 2. The minimum Gasteiger partial charge on any atom is -0.201 e. The quantitative estimate of drug-likeness (QED) is 0.622. The van der Waals surface area contributed by atoms with Crippen molar-refractivity contribution in [1.29, 1.82) is 0 Å². The first kappa shape index (κ1) is 11.9. The van der Waals surface area contributed by atoms with E-state index in [0.717, 1.165) is 6.42 Å². The fourth-order valence-electron chi connectivity index (χ4n) is 1.25. The van der Waals surface area contributed by atoms with Crippen LogP contribution in [0.25, 0.3) is 0 Å². The van der Waals surface area contributed by atoms with Crippen LogP contribution in [0.2, 0.25) is 0 Å². The van der Waals surface area contributed by atoms with Gasteiger partial charge in [-0.1, -0.05) is 6.92 Å². The van der Waals surface area contributed by atoms with Crippen molar-refractivity contribution in [2.24, 2.45) is 0 Å². The zero-order valence-electron chi connectivity index (χ0n) is 9.35. The third-order valence-corrected chi connectivity index (χ3v) is 2.05. The molecule has 0 fully saturated rings. The van der Waals surface area contributed by atoms with E-state index >= 15 is 0 Å². The average molecular weight is 174 g/mol. The maximum absolute atomic E-state index is 5.84. The topological polar surface area (TPSA) is 13.7 Å². The van der Waals surface area contributed by atoms with Gasteiger partial charge < -0.3 is 0 Å². The maximum atomic E-state index is 5.84. The SMILES string of the molecule is CCC(C)O[NH+](C(C)C)C(C)C. The zero-order valence-corrected chi connectivity index (χ0v) is 9.35. The monoisotopic (exact) mass is 174 g/mol. The van der Waals surface area contributed by atoms with Gasteiger partial charge in [0, 0.05) is 0 Å². The number of rotatable bonds is 5. The average Bonchev–Trinajstić information content (AvgIpc) is 1.98. The van der Waals surface area contributed by atoms with E-state index < -0.39 is 0 Å². The molecule has 74 valence electrons. The molecule has 0 heterocycles. The Hall–Kier alpha value is -0.0800. The van der Waals surface area contributed by atoms with Gasteiger partial charge in [0.25, 0.3) is 0 Å². The molecule has 0 radical (unpaired) electrons. The van der Waals surface area contributed by atoms with Gasteiger partial charge in [-0.15, -0.1) is 0 Å². The second kappa shape index (κ2) is 5.55. The Balaban J connectivity index is 3.95. The second-order valence-electron chi connectivity index (χ2n) is 4.05. The fourth-order valence-corrected chi connectivity index (χ4v) is 1.25. The summed E-state index contributed by atoms with van der Waals surface area (Å²) in [5.74, 6) is 0. The largest absolute Gasteiger partial charge is 0.201 e. The highest BCUT2D eigenvalue weighted by atomic mass is 16.7. The molecule has 12 heavy (non-hydrogen) atoms. The number of nitrogens with one attached hydrogen (secondary N) is 1. The van der Waals surface area contributed by atoms with Crippen LogP contribution in [-0.2, 0) is 4.84 Å². The minimum atomic E-state index is 0.366. The molecule has 0 aliphatic rings. The van der Waals surface area contributed by atoms with Crippen LogP contribution in [0.15, 0.2) is 0 Å². The van der Waals surface area contributed by atoms with Gasteiger partial charge in [0.1, 0.15) is 18.2 Å². The lowest BCUT2D eigenvalue weighted by Crippen LogP contribution is -3.17. The molecule has 0 aliphatic carbocycles. The van der Waals surface area contributed by atoms with Crippen molar-refractivity contribution in [2.75, 3.05) is 0 Å². The van der Waals surface area contributed by atoms with Crippen LogP contribution < -0.4 is 5.06 Å². The summed E-state index contributed by atoms with van der Waals surface area (Å²) in [4.78, 5) is 5.84. The molecule has 0 amide bonds. The highest BCUT2D eigenvalue weighted by Gasteiger charge is 2.20. The molecule has 0 rings (SSSR count). The van der Waals surface area contributed by atoms with E-state index in [-0.39, 0.29) is 0 Å². The Morgan fingerprint density at radius 2 is 1.42 bits per heavy atom. The van der Waals surface area contributed by atoms with Gasteiger partial charge in [0.15, 0.2) is 0 Å². The standard InChI is InChI=1S/C10H23NO/c1-7-10(6)12-11(8(2)3)9(4)5/h8-10H,7H2,1-6H3/p+1. The van der Waals surface area contributed by atoms with E-state index in [9.17, 15) is 0 Å². The lowest BCUT2D eigenvalue weighted by atomic mass is 10.3. The molecule has 2 nitrogen and oxygen atoms in total. The van der Waals surface area contributed by atoms with E-state index in [0.29, 0.717) is 18.2 Å². The Morgan fingerprint density at radius 3 is 1.67 bits per heavy atom. The molecule has 0 saturated carbocycles. The molecule has 1 unspecified atom stereocenters. The minimum absolute atomic E-state index is 0.366. The molecule has 0 aromatic rings. The van der Waals surface area contributed by atoms with E-state index in [4.69, 9.17) is 4.84 Å². The summed E-state index contributed by atoms with van der Waals surface area (Å²) in [5, 5.41) is 1.24. The first-order valence-corrected chi connectivity index (χ1v) is 5.02. The molecule has 1 N–H and O–H groups in total. The molecular weight excluding hydrogens is 150 g/mol. The van der Waals surface area contributed by atoms with Crippen LogP contribution in [0, 0.1) is 0 Å². The summed E-state index contributed by atoms with van der Waals surface area (Å²) in [5.41, 5.74) is 0. The molecule has 0 aromatic carbocycles. The molecule has 0 aliphatic heterocycles. The first-order chi connectivity index (χ1) is 5.49. The van der Waals surface area contributed by atoms with E-state index in [2.05, 4.69) is 41.5 Å². The lowest BCUT2D eigenvalue weighted by Gasteiger charge is -2.27. The summed E-state index contributed by atoms with van der Waals surface area (Å²) in [6.07, 6.45) is 1.45. The fraction of sp³-hybridized carbons (Fsp3) is 1.00. The molecule has 0 saturated heterocycles. The van der Waals surface area contributed by atoms with Gasteiger partial charge in [-0.25, -0.2) is 4.84 Å². The van der Waals surface area contributed by atoms with Crippen molar-refractivity contribution in [3.63, 3.8) is 0 Å². The Labute approximate surface area is 76.9 Å². The first-order valence-electron chi connectivity index (χ1n) is 5.02. The summed E-state index contributed by atoms with van der Waals surface area (Å²) in [6, 6.07) is 1.08. The molecule has 0 spiro atoms. The number of hydrogen-bond acceptors (Lipinski definition) is 1. The van der Waals surface area contributed by atoms with E-state index in [1.165, 1.54) is 5.06 Å². The molecule has 0 bridgehead atoms. The van der Waals surface area contributed by atoms with Crippen LogP contribution in [0.4, 0.5) is 0 Å². The predicted octanol–water partition coefficient (Wildman–Crippen LogP) is 1.42. The Kier molecular flexibility index (Phi) is 5.51. The van der Waals surface area contributed by atoms with Gasteiger partial charge >= 0.3 is 0 Å². The number of hydrogen-bond donors (Lipinski definition) is 1. The van der Waals surface area contributed by atoms with Crippen molar-refractivity contribution in [2.45, 2.75) is 66.2 Å². The van der Waals surface area contributed by atoms with Crippen LogP contribution in [0.1, 0.15) is 48.0 Å². The van der Waals surface area contributed by atoms with Gasteiger partial charge in [-0.2, -0.15) is 5.06 Å².